The highest BCUT2D eigenvalue weighted by atomic mass is 35.5. The summed E-state index contributed by atoms with van der Waals surface area (Å²) in [6.07, 6.45) is 3.43. The minimum absolute atomic E-state index is 0.0483. The molecule has 10 nitrogen and oxygen atoms in total. The summed E-state index contributed by atoms with van der Waals surface area (Å²) in [4.78, 5) is 47.2. The van der Waals surface area contributed by atoms with Gasteiger partial charge in [0, 0.05) is 30.1 Å². The Morgan fingerprint density at radius 3 is 2.65 bits per heavy atom. The minimum atomic E-state index is -0.942. The topological polar surface area (TPSA) is 126 Å². The van der Waals surface area contributed by atoms with Crippen LogP contribution in [0.4, 0.5) is 0 Å². The highest BCUT2D eigenvalue weighted by molar-refractivity contribution is 6.31. The third-order valence-electron chi connectivity index (χ3n) is 8.46. The van der Waals surface area contributed by atoms with Gasteiger partial charge in [0.1, 0.15) is 18.5 Å². The molecule has 3 atom stereocenters. The number of benzene rings is 1. The molecule has 3 unspecified atom stereocenters. The molecule has 11 heteroatoms. The maximum atomic E-state index is 14.1. The van der Waals surface area contributed by atoms with Crippen molar-refractivity contribution >= 4 is 40.5 Å². The smallest absolute Gasteiger partial charge is 0.307 e. The van der Waals surface area contributed by atoms with E-state index in [4.69, 9.17) is 20.9 Å². The number of rotatable bonds is 6. The van der Waals surface area contributed by atoms with Gasteiger partial charge in [-0.05, 0) is 62.4 Å². The molecule has 2 fully saturated rings. The van der Waals surface area contributed by atoms with Gasteiger partial charge in [-0.25, -0.2) is 4.98 Å². The van der Waals surface area contributed by atoms with E-state index in [0.29, 0.717) is 72.9 Å². The molecule has 3 aliphatic rings. The molecule has 1 saturated heterocycles. The largest absolute Gasteiger partial charge is 0.487 e. The Labute approximate surface area is 236 Å². The van der Waals surface area contributed by atoms with Gasteiger partial charge in [0.05, 0.1) is 28.6 Å². The lowest BCUT2D eigenvalue weighted by Gasteiger charge is -2.45. The van der Waals surface area contributed by atoms with E-state index >= 15 is 0 Å². The summed E-state index contributed by atoms with van der Waals surface area (Å²) >= 11 is 6.68. The zero-order valence-corrected chi connectivity index (χ0v) is 23.0. The van der Waals surface area contributed by atoms with Crippen LogP contribution in [-0.4, -0.2) is 55.9 Å². The second-order valence-corrected chi connectivity index (χ2v) is 11.2. The first kappa shape index (κ1) is 26.6. The molecule has 2 amide bonds. The number of halogens is 1. The van der Waals surface area contributed by atoms with E-state index in [-0.39, 0.29) is 18.4 Å². The van der Waals surface area contributed by atoms with Crippen molar-refractivity contribution in [3.63, 3.8) is 0 Å². The van der Waals surface area contributed by atoms with Crippen molar-refractivity contribution in [2.75, 3.05) is 13.1 Å². The van der Waals surface area contributed by atoms with Gasteiger partial charge in [0.2, 0.25) is 11.8 Å². The quantitative estimate of drug-likeness (QED) is 0.456. The lowest BCUT2D eigenvalue weighted by Crippen LogP contribution is -2.52. The van der Waals surface area contributed by atoms with E-state index in [9.17, 15) is 19.5 Å². The first-order valence-electron chi connectivity index (χ1n) is 13.8. The van der Waals surface area contributed by atoms with Crippen LogP contribution in [0.3, 0.4) is 0 Å². The Bertz CT molecular complexity index is 1490. The Morgan fingerprint density at radius 2 is 1.90 bits per heavy atom. The second kappa shape index (κ2) is 10.7. The molecule has 1 saturated carbocycles. The molecule has 2 aromatic heterocycles. The number of ether oxygens (including phenoxy) is 1. The van der Waals surface area contributed by atoms with E-state index in [1.165, 1.54) is 0 Å². The van der Waals surface area contributed by atoms with Gasteiger partial charge in [-0.15, -0.1) is 0 Å². The molecule has 0 radical (unpaired) electrons. The van der Waals surface area contributed by atoms with Crippen molar-refractivity contribution in [1.82, 2.24) is 19.9 Å². The van der Waals surface area contributed by atoms with Gasteiger partial charge in [0.25, 0.3) is 5.71 Å². The maximum Gasteiger partial charge on any atom is 0.307 e. The summed E-state index contributed by atoms with van der Waals surface area (Å²) in [5.74, 6) is -2.06. The van der Waals surface area contributed by atoms with E-state index in [1.807, 2.05) is 19.1 Å². The number of hydrogen-bond acceptors (Lipinski definition) is 7. The van der Waals surface area contributed by atoms with Crippen molar-refractivity contribution in [1.29, 1.82) is 0 Å². The van der Waals surface area contributed by atoms with Crippen molar-refractivity contribution in [3.8, 4) is 5.75 Å². The standard InChI is InChI=1S/C29H31ClN4O6/c1-16-18-9-8-17(31-26(18)40-32-16)15-39-23-11-10-22(30)21-12-14-34(27(25(21)23)33-13-4-7-24(33)35)28(36)19-5-2-3-6-20(19)29(37)38/h8-11,19-20,27H,2-7,12-15H2,1H3,(H,37,38). The van der Waals surface area contributed by atoms with Crippen LogP contribution in [0.25, 0.3) is 11.1 Å². The Morgan fingerprint density at radius 1 is 1.10 bits per heavy atom. The predicted molar refractivity (Wildman–Crippen MR) is 145 cm³/mol. The molecule has 1 aromatic carbocycles. The molecule has 0 spiro atoms. The molecular formula is C29H31ClN4O6. The predicted octanol–water partition coefficient (Wildman–Crippen LogP) is 4.66. The van der Waals surface area contributed by atoms with Crippen molar-refractivity contribution in [2.45, 2.75) is 64.6 Å². The molecule has 40 heavy (non-hydrogen) atoms. The number of likely N-dealkylation sites (tertiary alicyclic amines) is 1. The van der Waals surface area contributed by atoms with Crippen LogP contribution >= 0.6 is 11.6 Å². The van der Waals surface area contributed by atoms with Gasteiger partial charge in [-0.1, -0.05) is 29.6 Å². The first-order chi connectivity index (χ1) is 19.3. The van der Waals surface area contributed by atoms with Crippen LogP contribution in [0.15, 0.2) is 28.8 Å². The molecule has 0 bridgehead atoms. The van der Waals surface area contributed by atoms with E-state index in [0.717, 1.165) is 29.5 Å². The van der Waals surface area contributed by atoms with Crippen LogP contribution in [0.5, 0.6) is 5.75 Å². The summed E-state index contributed by atoms with van der Waals surface area (Å²) in [6, 6.07) is 7.27. The minimum Gasteiger partial charge on any atom is -0.487 e. The molecule has 1 N–H and O–H groups in total. The fourth-order valence-electron chi connectivity index (χ4n) is 6.42. The third kappa shape index (κ3) is 4.68. The number of nitrogens with zero attached hydrogens (tertiary/aromatic N) is 4. The Kier molecular flexibility index (Phi) is 7.12. The SMILES string of the molecule is Cc1noc2nc(COc3ccc(Cl)c4c3C(N3CCCC3=O)N(C(=O)C3CCCCC3C(=O)O)CC4)ccc12. The highest BCUT2D eigenvalue weighted by Crippen LogP contribution is 2.45. The lowest BCUT2D eigenvalue weighted by molar-refractivity contribution is -0.157. The van der Waals surface area contributed by atoms with Crippen molar-refractivity contribution in [3.05, 3.63) is 51.8 Å². The molecular weight excluding hydrogens is 536 g/mol. The van der Waals surface area contributed by atoms with Crippen LogP contribution in [-0.2, 0) is 27.4 Å². The normalized spacial score (nSPS) is 22.9. The number of aryl methyl sites for hydroxylation is 1. The van der Waals surface area contributed by atoms with Gasteiger partial charge in [0.15, 0.2) is 0 Å². The molecule has 3 aromatic rings. The van der Waals surface area contributed by atoms with Crippen LogP contribution in [0.2, 0.25) is 5.02 Å². The van der Waals surface area contributed by atoms with Gasteiger partial charge in [-0.3, -0.25) is 14.4 Å². The molecule has 2 aliphatic heterocycles. The highest BCUT2D eigenvalue weighted by Gasteiger charge is 2.46. The average Bonchev–Trinajstić information content (AvgIpc) is 3.56. The number of amides is 2. The number of carbonyl (C=O) groups excluding carboxylic acids is 2. The van der Waals surface area contributed by atoms with Crippen LogP contribution in [0, 0.1) is 18.8 Å². The zero-order valence-electron chi connectivity index (χ0n) is 22.3. The van der Waals surface area contributed by atoms with Crippen molar-refractivity contribution < 1.29 is 28.8 Å². The van der Waals surface area contributed by atoms with Crippen molar-refractivity contribution in [2.24, 2.45) is 11.8 Å². The van der Waals surface area contributed by atoms with Gasteiger partial charge in [-0.2, -0.15) is 0 Å². The summed E-state index contributed by atoms with van der Waals surface area (Å²) in [7, 11) is 0. The summed E-state index contributed by atoms with van der Waals surface area (Å²) in [6.45, 7) is 2.81. The van der Waals surface area contributed by atoms with Gasteiger partial charge < -0.3 is 24.2 Å². The van der Waals surface area contributed by atoms with Gasteiger partial charge >= 0.3 is 5.97 Å². The van der Waals surface area contributed by atoms with E-state index in [2.05, 4.69) is 10.1 Å². The number of carboxylic acid groups (broad SMARTS) is 1. The maximum absolute atomic E-state index is 14.1. The van der Waals surface area contributed by atoms with Crippen LogP contribution < -0.4 is 4.74 Å². The number of fused-ring (bicyclic) bond motifs is 2. The third-order valence-corrected chi connectivity index (χ3v) is 8.81. The number of hydrogen-bond donors (Lipinski definition) is 1. The molecule has 6 rings (SSSR count). The Hall–Kier alpha value is -3.66. The number of carbonyl (C=O) groups is 3. The number of pyridine rings is 1. The number of aromatic nitrogens is 2. The fourth-order valence-corrected chi connectivity index (χ4v) is 6.68. The fraction of sp³-hybridized carbons (Fsp3) is 0.483. The zero-order chi connectivity index (χ0) is 28.0. The Balaban J connectivity index is 1.37. The van der Waals surface area contributed by atoms with E-state index < -0.39 is 24.0 Å². The number of carboxylic acids is 1. The van der Waals surface area contributed by atoms with Crippen LogP contribution in [0.1, 0.15) is 67.2 Å². The first-order valence-corrected chi connectivity index (χ1v) is 14.2. The molecule has 1 aliphatic carbocycles. The monoisotopic (exact) mass is 566 g/mol. The molecule has 210 valence electrons. The summed E-state index contributed by atoms with van der Waals surface area (Å²) in [5.41, 5.74) is 3.33. The molecule has 4 heterocycles. The lowest BCUT2D eigenvalue weighted by atomic mass is 9.78. The average molecular weight is 567 g/mol. The van der Waals surface area contributed by atoms with E-state index in [1.54, 1.807) is 21.9 Å². The summed E-state index contributed by atoms with van der Waals surface area (Å²) < 4.78 is 11.6. The number of aliphatic carboxylic acids is 1. The summed E-state index contributed by atoms with van der Waals surface area (Å²) in [5, 5.41) is 15.2. The second-order valence-electron chi connectivity index (χ2n) is 10.8.